The minimum atomic E-state index is 0.179. The molecule has 0 bridgehead atoms. The van der Waals surface area contributed by atoms with E-state index in [4.69, 9.17) is 0 Å². The van der Waals surface area contributed by atoms with Crippen LogP contribution in [0.3, 0.4) is 0 Å². The lowest BCUT2D eigenvalue weighted by molar-refractivity contribution is -0.121. The number of hydrogen-bond donors (Lipinski definition) is 0. The lowest BCUT2D eigenvalue weighted by atomic mass is 10.1. The maximum Gasteiger partial charge on any atom is 0.241 e. The summed E-state index contributed by atoms with van der Waals surface area (Å²) in [5, 5.41) is 4.68. The summed E-state index contributed by atoms with van der Waals surface area (Å²) in [5.74, 6) is 2.39. The van der Waals surface area contributed by atoms with Crippen LogP contribution in [0.2, 0.25) is 0 Å². The van der Waals surface area contributed by atoms with E-state index in [9.17, 15) is 4.79 Å². The van der Waals surface area contributed by atoms with Crippen molar-refractivity contribution in [2.75, 3.05) is 30.3 Å². The van der Waals surface area contributed by atoms with E-state index < -0.39 is 0 Å². The fourth-order valence-corrected chi connectivity index (χ4v) is 4.54. The van der Waals surface area contributed by atoms with Gasteiger partial charge >= 0.3 is 0 Å². The van der Waals surface area contributed by atoms with Gasteiger partial charge in [0.25, 0.3) is 0 Å². The van der Waals surface area contributed by atoms with Gasteiger partial charge in [0.1, 0.15) is 0 Å². The van der Waals surface area contributed by atoms with E-state index >= 15 is 0 Å². The van der Waals surface area contributed by atoms with Crippen LogP contribution in [0.25, 0.3) is 0 Å². The number of carbonyl (C=O) groups excluding carboxylic acids is 1. The minimum absolute atomic E-state index is 0.179. The van der Waals surface area contributed by atoms with E-state index in [2.05, 4.69) is 10.00 Å². The molecule has 3 heterocycles. The van der Waals surface area contributed by atoms with E-state index in [1.54, 1.807) is 0 Å². The normalized spacial score (nSPS) is 18.7. The third-order valence-electron chi connectivity index (χ3n) is 4.83. The van der Waals surface area contributed by atoms with Gasteiger partial charge in [0.2, 0.25) is 5.91 Å². The van der Waals surface area contributed by atoms with E-state index in [1.807, 2.05) is 58.7 Å². The molecule has 4 rings (SSSR count). The number of carbonyl (C=O) groups is 1. The summed E-state index contributed by atoms with van der Waals surface area (Å²) in [6.45, 7) is 2.93. The highest BCUT2D eigenvalue weighted by molar-refractivity contribution is 7.98. The highest BCUT2D eigenvalue weighted by Crippen LogP contribution is 2.28. The largest absolute Gasteiger partial charge is 0.310 e. The molecule has 1 aromatic heterocycles. The molecule has 126 valence electrons. The van der Waals surface area contributed by atoms with E-state index in [0.717, 1.165) is 43.2 Å². The zero-order chi connectivity index (χ0) is 16.5. The Morgan fingerprint density at radius 3 is 2.83 bits per heavy atom. The molecule has 0 N–H and O–H groups in total. The van der Waals surface area contributed by atoms with Crippen molar-refractivity contribution < 1.29 is 4.79 Å². The predicted molar refractivity (Wildman–Crippen MR) is 97.1 cm³/mol. The number of aromatic nitrogens is 2. The summed E-state index contributed by atoms with van der Waals surface area (Å²) < 4.78 is 2.02. The number of anilines is 1. The zero-order valence-electron chi connectivity index (χ0n) is 13.9. The molecule has 2 aromatic rings. The van der Waals surface area contributed by atoms with Crippen LogP contribution in [0, 0.1) is 0 Å². The Kier molecular flexibility index (Phi) is 4.33. The van der Waals surface area contributed by atoms with Crippen molar-refractivity contribution in [2.45, 2.75) is 18.7 Å². The number of rotatable bonds is 3. The fourth-order valence-electron chi connectivity index (χ4n) is 3.52. The highest BCUT2D eigenvalue weighted by atomic mass is 32.2. The van der Waals surface area contributed by atoms with Crippen molar-refractivity contribution in [1.29, 1.82) is 0 Å². The smallest absolute Gasteiger partial charge is 0.241 e. The molecule has 24 heavy (non-hydrogen) atoms. The molecule has 5 nitrogen and oxygen atoms in total. The first-order chi connectivity index (χ1) is 11.7. The SMILES string of the molecule is Cn1nc2c(c1CN1CCN(c3ccccc3)C(=O)C1)CSCC2. The molecule has 1 aromatic carbocycles. The van der Waals surface area contributed by atoms with Gasteiger partial charge in [-0.05, 0) is 17.9 Å². The number of para-hydroxylation sites is 1. The van der Waals surface area contributed by atoms with Gasteiger partial charge in [-0.1, -0.05) is 18.2 Å². The summed E-state index contributed by atoms with van der Waals surface area (Å²) in [6, 6.07) is 9.95. The van der Waals surface area contributed by atoms with Gasteiger partial charge in [-0.25, -0.2) is 0 Å². The van der Waals surface area contributed by atoms with Gasteiger partial charge < -0.3 is 4.90 Å². The monoisotopic (exact) mass is 342 g/mol. The molecule has 2 aliphatic rings. The molecule has 0 spiro atoms. The zero-order valence-corrected chi connectivity index (χ0v) is 14.8. The van der Waals surface area contributed by atoms with Gasteiger partial charge in [-0.3, -0.25) is 14.4 Å². The van der Waals surface area contributed by atoms with Crippen LogP contribution in [0.4, 0.5) is 5.69 Å². The molecule has 1 fully saturated rings. The summed E-state index contributed by atoms with van der Waals surface area (Å²) in [6.07, 6.45) is 1.06. The minimum Gasteiger partial charge on any atom is -0.310 e. The first-order valence-electron chi connectivity index (χ1n) is 8.41. The second-order valence-corrected chi connectivity index (χ2v) is 7.49. The summed E-state index contributed by atoms with van der Waals surface area (Å²) >= 11 is 1.98. The van der Waals surface area contributed by atoms with Gasteiger partial charge in [0.15, 0.2) is 0 Å². The van der Waals surface area contributed by atoms with Crippen LogP contribution < -0.4 is 4.90 Å². The Morgan fingerprint density at radius 1 is 1.21 bits per heavy atom. The Hall–Kier alpha value is -1.79. The predicted octanol–water partition coefficient (Wildman–Crippen LogP) is 2.06. The topological polar surface area (TPSA) is 41.4 Å². The summed E-state index contributed by atoms with van der Waals surface area (Å²) in [7, 11) is 2.03. The Bertz CT molecular complexity index is 743. The van der Waals surface area contributed by atoms with Gasteiger partial charge in [-0.2, -0.15) is 16.9 Å². The third-order valence-corrected chi connectivity index (χ3v) is 5.81. The number of thioether (sulfide) groups is 1. The van der Waals surface area contributed by atoms with Crippen molar-refractivity contribution in [1.82, 2.24) is 14.7 Å². The lowest BCUT2D eigenvalue weighted by Gasteiger charge is -2.34. The molecule has 0 unspecified atom stereocenters. The molecular weight excluding hydrogens is 320 g/mol. The van der Waals surface area contributed by atoms with Crippen LogP contribution in [-0.4, -0.2) is 46.0 Å². The van der Waals surface area contributed by atoms with Crippen molar-refractivity contribution in [3.8, 4) is 0 Å². The second kappa shape index (κ2) is 6.61. The molecule has 0 saturated carbocycles. The molecule has 0 radical (unpaired) electrons. The Labute approximate surface area is 146 Å². The third kappa shape index (κ3) is 2.96. The van der Waals surface area contributed by atoms with E-state index in [0.29, 0.717) is 6.54 Å². The average Bonchev–Trinajstić information content (AvgIpc) is 2.92. The lowest BCUT2D eigenvalue weighted by Crippen LogP contribution is -2.50. The molecule has 2 aliphatic heterocycles. The van der Waals surface area contributed by atoms with Crippen LogP contribution in [0.1, 0.15) is 17.0 Å². The van der Waals surface area contributed by atoms with Crippen molar-refractivity contribution in [3.05, 3.63) is 47.3 Å². The van der Waals surface area contributed by atoms with Crippen LogP contribution in [0.15, 0.2) is 30.3 Å². The van der Waals surface area contributed by atoms with E-state index in [-0.39, 0.29) is 5.91 Å². The van der Waals surface area contributed by atoms with Crippen molar-refractivity contribution >= 4 is 23.4 Å². The quantitative estimate of drug-likeness (QED) is 0.856. The molecule has 1 amide bonds. The summed E-state index contributed by atoms with van der Waals surface area (Å²) in [5.41, 5.74) is 4.92. The van der Waals surface area contributed by atoms with E-state index in [1.165, 1.54) is 17.0 Å². The Balaban J connectivity index is 1.47. The first kappa shape index (κ1) is 15.7. The number of aryl methyl sites for hydroxylation is 2. The average molecular weight is 342 g/mol. The van der Waals surface area contributed by atoms with Crippen molar-refractivity contribution in [2.24, 2.45) is 7.05 Å². The molecule has 0 atom stereocenters. The maximum absolute atomic E-state index is 12.6. The maximum atomic E-state index is 12.6. The second-order valence-electron chi connectivity index (χ2n) is 6.39. The number of benzene rings is 1. The number of piperazine rings is 1. The summed E-state index contributed by atoms with van der Waals surface area (Å²) in [4.78, 5) is 16.7. The number of hydrogen-bond acceptors (Lipinski definition) is 4. The van der Waals surface area contributed by atoms with Crippen LogP contribution in [-0.2, 0) is 30.6 Å². The molecule has 6 heteroatoms. The Morgan fingerprint density at radius 2 is 2.04 bits per heavy atom. The van der Waals surface area contributed by atoms with Gasteiger partial charge in [0.05, 0.1) is 17.9 Å². The molecule has 0 aliphatic carbocycles. The van der Waals surface area contributed by atoms with Crippen molar-refractivity contribution in [3.63, 3.8) is 0 Å². The van der Waals surface area contributed by atoms with Crippen LogP contribution >= 0.6 is 11.8 Å². The number of fused-ring (bicyclic) bond motifs is 1. The molecular formula is C18H22N4OS. The van der Waals surface area contributed by atoms with Gasteiger partial charge in [-0.15, -0.1) is 0 Å². The number of nitrogens with zero attached hydrogens (tertiary/aromatic N) is 4. The fraction of sp³-hybridized carbons (Fsp3) is 0.444. The standard InChI is InChI=1S/C18H22N4OS/c1-20-17(15-13-24-10-7-16(15)19-20)11-21-8-9-22(18(23)12-21)14-5-3-2-4-6-14/h2-6H,7-13H2,1H3. The highest BCUT2D eigenvalue weighted by Gasteiger charge is 2.27. The first-order valence-corrected chi connectivity index (χ1v) is 9.57. The molecule has 1 saturated heterocycles. The van der Waals surface area contributed by atoms with Gasteiger partial charge in [0, 0.05) is 50.1 Å². The van der Waals surface area contributed by atoms with Crippen LogP contribution in [0.5, 0.6) is 0 Å². The number of amides is 1.